The Balaban J connectivity index is 2.99. The standard InChI is InChI=1S/C10H11N2O4/c13-5-9-10(6-14)12(16)8-4-2-1-3-7(8)11(9)15/h1-4,13-15H,5-6H2/q+1. The van der Waals surface area contributed by atoms with E-state index < -0.39 is 13.2 Å². The number of hydrogen-bond donors (Lipinski definition) is 3. The van der Waals surface area contributed by atoms with Crippen LogP contribution in [0.5, 0.6) is 0 Å². The minimum atomic E-state index is -0.551. The molecule has 0 saturated heterocycles. The molecular formula is C10H11N2O4+. The van der Waals surface area contributed by atoms with E-state index in [2.05, 4.69) is 0 Å². The summed E-state index contributed by atoms with van der Waals surface area (Å²) in [4.78, 5) is 11.8. The maximum Gasteiger partial charge on any atom is 0.290 e. The van der Waals surface area contributed by atoms with Gasteiger partial charge in [-0.1, -0.05) is 12.1 Å². The van der Waals surface area contributed by atoms with Gasteiger partial charge in [0.2, 0.25) is 0 Å². The van der Waals surface area contributed by atoms with Crippen LogP contribution in [0.3, 0.4) is 0 Å². The van der Waals surface area contributed by atoms with Crippen LogP contribution < -0.4 is 4.43 Å². The van der Waals surface area contributed by atoms with Crippen LogP contribution in [0.25, 0.3) is 11.0 Å². The molecule has 6 nitrogen and oxygen atoms in total. The van der Waals surface area contributed by atoms with Crippen molar-refractivity contribution in [2.75, 3.05) is 0 Å². The van der Waals surface area contributed by atoms with E-state index in [-0.39, 0.29) is 22.4 Å². The molecule has 0 fully saturated rings. The van der Waals surface area contributed by atoms with Gasteiger partial charge in [0, 0.05) is 11.0 Å². The minimum absolute atomic E-state index is 0.0174. The molecule has 0 atom stereocenters. The Morgan fingerprint density at radius 3 is 2.50 bits per heavy atom. The third kappa shape index (κ3) is 1.36. The largest absolute Gasteiger partial charge is 0.428 e. The van der Waals surface area contributed by atoms with Gasteiger partial charge < -0.3 is 15.4 Å². The highest BCUT2D eigenvalue weighted by molar-refractivity contribution is 5.71. The van der Waals surface area contributed by atoms with E-state index >= 15 is 0 Å². The summed E-state index contributed by atoms with van der Waals surface area (Å²) in [7, 11) is 0. The Bertz CT molecular complexity index is 591. The van der Waals surface area contributed by atoms with Crippen molar-refractivity contribution in [1.29, 1.82) is 0 Å². The molecule has 0 radical (unpaired) electrons. The van der Waals surface area contributed by atoms with Gasteiger partial charge in [0.05, 0.1) is 11.0 Å². The Kier molecular flexibility index (Phi) is 2.59. The van der Waals surface area contributed by atoms with Crippen molar-refractivity contribution in [3.05, 3.63) is 40.6 Å². The van der Waals surface area contributed by atoms with Crippen LogP contribution in [0, 0.1) is 4.91 Å². The molecule has 84 valence electrons. The van der Waals surface area contributed by atoms with Gasteiger partial charge in [-0.15, -0.1) is 0 Å². The van der Waals surface area contributed by atoms with Gasteiger partial charge in [0.25, 0.3) is 11.2 Å². The second kappa shape index (κ2) is 3.92. The van der Waals surface area contributed by atoms with Crippen molar-refractivity contribution in [2.45, 2.75) is 13.2 Å². The van der Waals surface area contributed by atoms with E-state index in [0.717, 1.165) is 4.73 Å². The first-order valence-corrected chi connectivity index (χ1v) is 4.69. The lowest BCUT2D eigenvalue weighted by Crippen LogP contribution is -2.28. The normalized spacial score (nSPS) is 10.9. The van der Waals surface area contributed by atoms with Crippen molar-refractivity contribution >= 4 is 11.0 Å². The van der Waals surface area contributed by atoms with Crippen molar-refractivity contribution in [3.63, 3.8) is 0 Å². The SMILES string of the molecule is O=[n+]1c(CO)c(CO)n(O)c2ccccc21. The van der Waals surface area contributed by atoms with Crippen molar-refractivity contribution in [1.82, 2.24) is 4.73 Å². The molecule has 0 amide bonds. The Morgan fingerprint density at radius 1 is 1.19 bits per heavy atom. The summed E-state index contributed by atoms with van der Waals surface area (Å²) >= 11 is 0. The fourth-order valence-corrected chi connectivity index (χ4v) is 1.66. The highest BCUT2D eigenvalue weighted by Gasteiger charge is 2.23. The quantitative estimate of drug-likeness (QED) is 0.485. The van der Waals surface area contributed by atoms with Crippen LogP contribution in [0.4, 0.5) is 0 Å². The molecule has 0 unspecified atom stereocenters. The number of aliphatic hydroxyl groups excluding tert-OH is 2. The maximum absolute atomic E-state index is 11.8. The van der Waals surface area contributed by atoms with Gasteiger partial charge in [-0.3, -0.25) is 0 Å². The zero-order chi connectivity index (χ0) is 11.7. The van der Waals surface area contributed by atoms with Crippen molar-refractivity contribution < 1.29 is 19.8 Å². The Morgan fingerprint density at radius 2 is 1.88 bits per heavy atom. The molecule has 3 N–H and O–H groups in total. The maximum atomic E-state index is 11.8. The summed E-state index contributed by atoms with van der Waals surface area (Å²) in [6.45, 7) is -1.08. The lowest BCUT2D eigenvalue weighted by atomic mass is 10.2. The Hall–Kier alpha value is -1.92. The molecule has 2 rings (SSSR count). The monoisotopic (exact) mass is 223 g/mol. The third-order valence-electron chi connectivity index (χ3n) is 2.46. The first-order chi connectivity index (χ1) is 7.70. The van der Waals surface area contributed by atoms with E-state index in [0.29, 0.717) is 4.43 Å². The molecule has 0 bridgehead atoms. The van der Waals surface area contributed by atoms with Gasteiger partial charge in [0.1, 0.15) is 6.61 Å². The lowest BCUT2D eigenvalue weighted by Gasteiger charge is -2.06. The summed E-state index contributed by atoms with van der Waals surface area (Å²) in [5, 5.41) is 27.9. The molecular weight excluding hydrogens is 212 g/mol. The molecule has 0 aliphatic carbocycles. The van der Waals surface area contributed by atoms with Crippen LogP contribution in [-0.4, -0.2) is 20.2 Å². The first kappa shape index (κ1) is 10.6. The van der Waals surface area contributed by atoms with Gasteiger partial charge in [-0.05, 0) is 6.07 Å². The molecule has 2 aromatic rings. The predicted octanol–water partition coefficient (Wildman–Crippen LogP) is -0.222. The predicted molar refractivity (Wildman–Crippen MR) is 54.3 cm³/mol. The number of aliphatic hydroxyl groups is 2. The van der Waals surface area contributed by atoms with E-state index in [1.165, 1.54) is 6.07 Å². The molecule has 1 aromatic carbocycles. The van der Waals surface area contributed by atoms with Gasteiger partial charge in [0.15, 0.2) is 11.2 Å². The summed E-state index contributed by atoms with van der Waals surface area (Å²) in [6.07, 6.45) is 0. The Labute approximate surface area is 90.2 Å². The molecule has 1 heterocycles. The minimum Gasteiger partial charge on any atom is -0.428 e. The number of benzene rings is 1. The van der Waals surface area contributed by atoms with Crippen molar-refractivity contribution in [3.8, 4) is 0 Å². The van der Waals surface area contributed by atoms with E-state index in [4.69, 9.17) is 10.2 Å². The fraction of sp³-hybridized carbons (Fsp3) is 0.200. The average molecular weight is 223 g/mol. The zero-order valence-electron chi connectivity index (χ0n) is 8.37. The molecule has 16 heavy (non-hydrogen) atoms. The van der Waals surface area contributed by atoms with E-state index in [9.17, 15) is 10.1 Å². The van der Waals surface area contributed by atoms with Gasteiger partial charge in [-0.25, -0.2) is 0 Å². The highest BCUT2D eigenvalue weighted by atomic mass is 16.5. The molecule has 0 saturated carbocycles. The number of nitrogens with zero attached hydrogens (tertiary/aromatic N) is 2. The fourth-order valence-electron chi connectivity index (χ4n) is 1.66. The summed E-state index contributed by atoms with van der Waals surface area (Å²) in [5.41, 5.74) is 0.421. The highest BCUT2D eigenvalue weighted by Crippen LogP contribution is 2.13. The topological polar surface area (TPSA) is 88.6 Å². The smallest absolute Gasteiger partial charge is 0.290 e. The van der Waals surface area contributed by atoms with Crippen LogP contribution >= 0.6 is 0 Å². The van der Waals surface area contributed by atoms with Crippen molar-refractivity contribution in [2.24, 2.45) is 0 Å². The van der Waals surface area contributed by atoms with E-state index in [1.54, 1.807) is 18.2 Å². The zero-order valence-corrected chi connectivity index (χ0v) is 8.37. The molecule has 0 aliphatic heterocycles. The van der Waals surface area contributed by atoms with Crippen LogP contribution in [0.1, 0.15) is 11.4 Å². The second-order valence-electron chi connectivity index (χ2n) is 3.30. The molecule has 1 aromatic heterocycles. The summed E-state index contributed by atoms with van der Waals surface area (Å²) < 4.78 is 1.23. The lowest BCUT2D eigenvalue weighted by molar-refractivity contribution is -0.480. The first-order valence-electron chi connectivity index (χ1n) is 4.69. The summed E-state index contributed by atoms with van der Waals surface area (Å²) in [5.74, 6) is 0. The summed E-state index contributed by atoms with van der Waals surface area (Å²) in [6, 6.07) is 6.38. The average Bonchev–Trinajstić information content (AvgIpc) is 2.33. The number of aromatic nitrogens is 2. The number of hydrogen-bond acceptors (Lipinski definition) is 4. The van der Waals surface area contributed by atoms with Crippen LogP contribution in [-0.2, 0) is 13.2 Å². The van der Waals surface area contributed by atoms with Crippen LogP contribution in [0.15, 0.2) is 24.3 Å². The second-order valence-corrected chi connectivity index (χ2v) is 3.30. The third-order valence-corrected chi connectivity index (χ3v) is 2.46. The molecule has 0 aliphatic rings. The van der Waals surface area contributed by atoms with Crippen LogP contribution in [0.2, 0.25) is 0 Å². The van der Waals surface area contributed by atoms with Gasteiger partial charge >= 0.3 is 0 Å². The molecule has 6 heteroatoms. The number of fused-ring (bicyclic) bond motifs is 1. The van der Waals surface area contributed by atoms with E-state index in [1.807, 2.05) is 0 Å². The molecule has 0 spiro atoms. The van der Waals surface area contributed by atoms with Gasteiger partial charge in [-0.2, -0.15) is 4.73 Å². The number of rotatable bonds is 2. The number of para-hydroxylation sites is 2.